The van der Waals surface area contributed by atoms with E-state index in [4.69, 9.17) is 0 Å². The molecule has 1 aromatic carbocycles. The predicted molar refractivity (Wildman–Crippen MR) is 83.1 cm³/mol. The average molecular weight is 368 g/mol. The second-order valence-electron chi connectivity index (χ2n) is 5.73. The van der Waals surface area contributed by atoms with Gasteiger partial charge in [-0.05, 0) is 54.0 Å². The van der Waals surface area contributed by atoms with E-state index in [-0.39, 0.29) is 5.82 Å². The van der Waals surface area contributed by atoms with Crippen molar-refractivity contribution in [2.75, 3.05) is 6.54 Å². The van der Waals surface area contributed by atoms with Crippen molar-refractivity contribution in [2.24, 2.45) is 0 Å². The molecule has 1 N–H and O–H groups in total. The molecular formula is C15H15BrFN3O2. The first-order valence-electron chi connectivity index (χ1n) is 6.85. The molecule has 7 heteroatoms. The fraction of sp³-hybridized carbons (Fsp3) is 0.333. The van der Waals surface area contributed by atoms with E-state index in [0.29, 0.717) is 24.6 Å². The SMILES string of the molecule is CC1(C)c2nc(-c3ccc(F)cc3)c(Br)n2CCN1C(=O)O. The summed E-state index contributed by atoms with van der Waals surface area (Å²) in [4.78, 5) is 17.4. The van der Waals surface area contributed by atoms with E-state index in [2.05, 4.69) is 20.9 Å². The minimum absolute atomic E-state index is 0.304. The van der Waals surface area contributed by atoms with Gasteiger partial charge in [0.1, 0.15) is 21.9 Å². The fourth-order valence-corrected chi connectivity index (χ4v) is 3.49. The molecule has 0 aliphatic carbocycles. The average Bonchev–Trinajstić information content (AvgIpc) is 2.78. The van der Waals surface area contributed by atoms with E-state index in [1.54, 1.807) is 12.1 Å². The van der Waals surface area contributed by atoms with E-state index >= 15 is 0 Å². The molecule has 0 radical (unpaired) electrons. The number of aromatic nitrogens is 2. The Hall–Kier alpha value is -1.89. The number of hydrogen-bond acceptors (Lipinski definition) is 2. The van der Waals surface area contributed by atoms with Crippen LogP contribution in [0, 0.1) is 5.82 Å². The molecule has 1 amide bonds. The number of halogens is 2. The summed E-state index contributed by atoms with van der Waals surface area (Å²) >= 11 is 3.54. The molecule has 0 fully saturated rings. The zero-order valence-electron chi connectivity index (χ0n) is 12.2. The highest BCUT2D eigenvalue weighted by Gasteiger charge is 2.41. The van der Waals surface area contributed by atoms with Crippen LogP contribution in [0.5, 0.6) is 0 Å². The quantitative estimate of drug-likeness (QED) is 0.836. The lowest BCUT2D eigenvalue weighted by Crippen LogP contribution is -2.51. The van der Waals surface area contributed by atoms with Crippen LogP contribution in [-0.4, -0.2) is 32.2 Å². The molecule has 3 rings (SSSR count). The molecule has 22 heavy (non-hydrogen) atoms. The van der Waals surface area contributed by atoms with Gasteiger partial charge in [-0.1, -0.05) is 0 Å². The zero-order chi connectivity index (χ0) is 16.1. The van der Waals surface area contributed by atoms with Crippen molar-refractivity contribution in [1.82, 2.24) is 14.5 Å². The Balaban J connectivity index is 2.12. The fourth-order valence-electron chi connectivity index (χ4n) is 2.83. The molecule has 1 aromatic heterocycles. The van der Waals surface area contributed by atoms with Crippen LogP contribution in [0.25, 0.3) is 11.3 Å². The molecule has 2 aromatic rings. The molecular weight excluding hydrogens is 353 g/mol. The van der Waals surface area contributed by atoms with Crippen molar-refractivity contribution >= 4 is 22.0 Å². The number of amides is 1. The first-order chi connectivity index (χ1) is 10.3. The Morgan fingerprint density at radius 1 is 1.32 bits per heavy atom. The molecule has 0 atom stereocenters. The Morgan fingerprint density at radius 3 is 2.55 bits per heavy atom. The topological polar surface area (TPSA) is 58.4 Å². The van der Waals surface area contributed by atoms with E-state index in [9.17, 15) is 14.3 Å². The van der Waals surface area contributed by atoms with Gasteiger partial charge in [-0.2, -0.15) is 0 Å². The zero-order valence-corrected chi connectivity index (χ0v) is 13.8. The molecule has 0 spiro atoms. The minimum Gasteiger partial charge on any atom is -0.465 e. The number of hydrogen-bond donors (Lipinski definition) is 1. The van der Waals surface area contributed by atoms with Crippen LogP contribution >= 0.6 is 15.9 Å². The number of rotatable bonds is 1. The van der Waals surface area contributed by atoms with Gasteiger partial charge in [-0.15, -0.1) is 0 Å². The molecule has 1 aliphatic rings. The number of benzene rings is 1. The highest BCUT2D eigenvalue weighted by molar-refractivity contribution is 9.10. The summed E-state index contributed by atoms with van der Waals surface area (Å²) < 4.78 is 15.8. The van der Waals surface area contributed by atoms with Crippen LogP contribution < -0.4 is 0 Å². The van der Waals surface area contributed by atoms with Crippen molar-refractivity contribution in [3.63, 3.8) is 0 Å². The van der Waals surface area contributed by atoms with E-state index in [0.717, 1.165) is 10.2 Å². The first-order valence-corrected chi connectivity index (χ1v) is 7.64. The van der Waals surface area contributed by atoms with Crippen LogP contribution in [0.3, 0.4) is 0 Å². The summed E-state index contributed by atoms with van der Waals surface area (Å²) in [5, 5.41) is 9.36. The van der Waals surface area contributed by atoms with E-state index < -0.39 is 11.6 Å². The third-order valence-electron chi connectivity index (χ3n) is 4.02. The summed E-state index contributed by atoms with van der Waals surface area (Å²) in [7, 11) is 0. The number of fused-ring (bicyclic) bond motifs is 1. The van der Waals surface area contributed by atoms with Crippen LogP contribution in [-0.2, 0) is 12.1 Å². The van der Waals surface area contributed by atoms with Gasteiger partial charge in [-0.25, -0.2) is 14.2 Å². The number of imidazole rings is 1. The number of carboxylic acid groups (broad SMARTS) is 1. The summed E-state index contributed by atoms with van der Waals surface area (Å²) in [6.07, 6.45) is -0.960. The monoisotopic (exact) mass is 367 g/mol. The van der Waals surface area contributed by atoms with Gasteiger partial charge in [-0.3, -0.25) is 4.90 Å². The van der Waals surface area contributed by atoms with Crippen molar-refractivity contribution in [1.29, 1.82) is 0 Å². The molecule has 5 nitrogen and oxygen atoms in total. The Bertz CT molecular complexity index is 740. The number of carbonyl (C=O) groups is 1. The van der Waals surface area contributed by atoms with Crippen LogP contribution in [0.4, 0.5) is 9.18 Å². The summed E-state index contributed by atoms with van der Waals surface area (Å²) in [5.74, 6) is 0.369. The van der Waals surface area contributed by atoms with Gasteiger partial charge in [0, 0.05) is 18.7 Å². The Morgan fingerprint density at radius 2 is 1.95 bits per heavy atom. The first kappa shape index (κ1) is 15.0. The number of nitrogens with zero attached hydrogens (tertiary/aromatic N) is 3. The summed E-state index contributed by atoms with van der Waals surface area (Å²) in [5.41, 5.74) is 0.744. The van der Waals surface area contributed by atoms with Crippen molar-refractivity contribution in [3.8, 4) is 11.3 Å². The minimum atomic E-state index is -0.960. The van der Waals surface area contributed by atoms with E-state index in [1.165, 1.54) is 17.0 Å². The second-order valence-corrected chi connectivity index (χ2v) is 6.48. The van der Waals surface area contributed by atoms with Crippen LogP contribution in [0.2, 0.25) is 0 Å². The smallest absolute Gasteiger partial charge is 0.408 e. The van der Waals surface area contributed by atoms with Crippen LogP contribution in [0.15, 0.2) is 28.9 Å². The maximum atomic E-state index is 13.1. The van der Waals surface area contributed by atoms with Gasteiger partial charge in [0.2, 0.25) is 0 Å². The lowest BCUT2D eigenvalue weighted by Gasteiger charge is -2.40. The maximum absolute atomic E-state index is 13.1. The molecule has 0 bridgehead atoms. The second kappa shape index (κ2) is 5.08. The third-order valence-corrected chi connectivity index (χ3v) is 4.83. The molecule has 2 heterocycles. The predicted octanol–water partition coefficient (Wildman–Crippen LogP) is 3.68. The van der Waals surface area contributed by atoms with Gasteiger partial charge >= 0.3 is 6.09 Å². The molecule has 0 unspecified atom stereocenters. The maximum Gasteiger partial charge on any atom is 0.408 e. The lowest BCUT2D eigenvalue weighted by molar-refractivity contribution is 0.0681. The Kier molecular flexibility index (Phi) is 3.47. The van der Waals surface area contributed by atoms with Crippen molar-refractivity contribution in [3.05, 3.63) is 40.5 Å². The van der Waals surface area contributed by atoms with Crippen molar-refractivity contribution in [2.45, 2.75) is 25.9 Å². The van der Waals surface area contributed by atoms with Gasteiger partial charge < -0.3 is 9.67 Å². The van der Waals surface area contributed by atoms with Crippen LogP contribution in [0.1, 0.15) is 19.7 Å². The molecule has 0 saturated heterocycles. The highest BCUT2D eigenvalue weighted by Crippen LogP contribution is 2.38. The lowest BCUT2D eigenvalue weighted by atomic mass is 10.00. The summed E-state index contributed by atoms with van der Waals surface area (Å²) in [6.45, 7) is 4.59. The molecule has 116 valence electrons. The standard InChI is InChI=1S/C15H15BrFN3O2/c1-15(2)13-18-11(9-3-5-10(17)6-4-9)12(16)19(13)7-8-20(15)14(21)22/h3-6H,7-8H2,1-2H3,(H,21,22). The van der Waals surface area contributed by atoms with Crippen molar-refractivity contribution < 1.29 is 14.3 Å². The van der Waals surface area contributed by atoms with Gasteiger partial charge in [0.15, 0.2) is 0 Å². The summed E-state index contributed by atoms with van der Waals surface area (Å²) in [6, 6.07) is 6.09. The molecule has 1 aliphatic heterocycles. The largest absolute Gasteiger partial charge is 0.465 e. The molecule has 0 saturated carbocycles. The van der Waals surface area contributed by atoms with Gasteiger partial charge in [0.25, 0.3) is 0 Å². The highest BCUT2D eigenvalue weighted by atomic mass is 79.9. The Labute approximate surface area is 135 Å². The third kappa shape index (κ3) is 2.20. The normalized spacial score (nSPS) is 16.5. The van der Waals surface area contributed by atoms with Gasteiger partial charge in [0.05, 0.1) is 5.54 Å². The van der Waals surface area contributed by atoms with E-state index in [1.807, 2.05) is 18.4 Å².